The summed E-state index contributed by atoms with van der Waals surface area (Å²) in [7, 11) is 2.21. The Kier molecular flexibility index (Phi) is 9.45. The van der Waals surface area contributed by atoms with Crippen molar-refractivity contribution in [2.45, 2.75) is 45.3 Å². The van der Waals surface area contributed by atoms with E-state index >= 15 is 0 Å². The number of nitrogens with one attached hydrogen (secondary N) is 1. The van der Waals surface area contributed by atoms with Crippen LogP contribution in [0.15, 0.2) is 66.8 Å². The number of amides is 1. The summed E-state index contributed by atoms with van der Waals surface area (Å²) in [6.07, 6.45) is 12.8. The largest absolute Gasteiger partial charge is 0.345 e. The molecule has 1 N–H and O–H groups in total. The highest BCUT2D eigenvalue weighted by Gasteiger charge is 2.50. The van der Waals surface area contributed by atoms with Crippen LogP contribution in [0.5, 0.6) is 0 Å². The molecule has 1 aromatic heterocycles. The molecule has 7 nitrogen and oxygen atoms in total. The maximum absolute atomic E-state index is 13.7. The number of fused-ring (bicyclic) bond motifs is 1. The number of halogens is 1. The zero-order chi connectivity index (χ0) is 31.4. The molecule has 1 aliphatic carbocycles. The summed E-state index contributed by atoms with van der Waals surface area (Å²) in [5, 5.41) is 5.38. The number of aryl methyl sites for hydroxylation is 2. The Balaban J connectivity index is 1.26. The van der Waals surface area contributed by atoms with Gasteiger partial charge in [0.1, 0.15) is 5.82 Å². The minimum atomic E-state index is -0.356. The van der Waals surface area contributed by atoms with Crippen molar-refractivity contribution < 1.29 is 13.7 Å². The van der Waals surface area contributed by atoms with Crippen molar-refractivity contribution in [3.8, 4) is 0 Å². The average Bonchev–Trinajstić information content (AvgIpc) is 3.30. The second kappa shape index (κ2) is 13.5. The quantitative estimate of drug-likeness (QED) is 0.239. The third-order valence-electron chi connectivity index (χ3n) is 10.9. The number of nitrogens with zero attached hydrogens (tertiary/aromatic N) is 5. The molecule has 1 unspecified atom stereocenters. The van der Waals surface area contributed by atoms with E-state index < -0.39 is 0 Å². The number of piperazine rings is 2. The van der Waals surface area contributed by atoms with Gasteiger partial charge < -0.3 is 24.6 Å². The fraction of sp³-hybridized carbons (Fsp3) is 0.486. The van der Waals surface area contributed by atoms with Crippen LogP contribution in [0.4, 0.5) is 10.1 Å². The number of likely N-dealkylation sites (N-methyl/N-ethyl adjacent to an activating group) is 1. The number of anilines is 1. The van der Waals surface area contributed by atoms with Crippen molar-refractivity contribution in [2.75, 3.05) is 77.8 Å². The Hall–Kier alpha value is -3.46. The molecule has 0 spiro atoms. The van der Waals surface area contributed by atoms with Crippen LogP contribution in [0.25, 0.3) is 10.9 Å². The predicted molar refractivity (Wildman–Crippen MR) is 182 cm³/mol. The van der Waals surface area contributed by atoms with E-state index in [1.807, 2.05) is 17.0 Å². The van der Waals surface area contributed by atoms with Gasteiger partial charge in [0.25, 0.3) is 0 Å². The highest BCUT2D eigenvalue weighted by atomic mass is 19.1. The van der Waals surface area contributed by atoms with Crippen LogP contribution < -0.4 is 5.32 Å². The van der Waals surface area contributed by atoms with Crippen molar-refractivity contribution in [3.05, 3.63) is 89.4 Å². The topological polar surface area (TPSA) is 43.8 Å². The van der Waals surface area contributed by atoms with E-state index in [0.29, 0.717) is 0 Å². The van der Waals surface area contributed by atoms with E-state index in [2.05, 4.69) is 83.1 Å². The van der Waals surface area contributed by atoms with Gasteiger partial charge in [0.05, 0.1) is 32.7 Å². The minimum Gasteiger partial charge on any atom is -0.345 e. The van der Waals surface area contributed by atoms with E-state index in [1.165, 1.54) is 35.2 Å². The first-order valence-corrected chi connectivity index (χ1v) is 16.7. The fourth-order valence-corrected chi connectivity index (χ4v) is 7.75. The molecule has 2 fully saturated rings. The van der Waals surface area contributed by atoms with Gasteiger partial charge in [0.2, 0.25) is 6.41 Å². The minimum absolute atomic E-state index is 0.203. The van der Waals surface area contributed by atoms with Gasteiger partial charge in [-0.15, -0.1) is 0 Å². The summed E-state index contributed by atoms with van der Waals surface area (Å²) in [6.45, 7) is 15.4. The third kappa shape index (κ3) is 6.60. The van der Waals surface area contributed by atoms with Crippen LogP contribution in [0.3, 0.4) is 0 Å². The van der Waals surface area contributed by atoms with Crippen LogP contribution in [-0.2, 0) is 17.8 Å². The van der Waals surface area contributed by atoms with Crippen molar-refractivity contribution in [1.29, 1.82) is 0 Å². The summed E-state index contributed by atoms with van der Waals surface area (Å²) in [5.41, 5.74) is 5.91. The first-order valence-electron chi connectivity index (χ1n) is 16.7. The number of quaternary nitrogens is 1. The number of hydrogen-bond acceptors (Lipinski definition) is 4. The molecule has 1 atom stereocenters. The second-order valence-corrected chi connectivity index (χ2v) is 13.5. The fourth-order valence-electron chi connectivity index (χ4n) is 7.75. The van der Waals surface area contributed by atoms with Gasteiger partial charge in [-0.2, -0.15) is 0 Å². The van der Waals surface area contributed by atoms with Crippen molar-refractivity contribution in [1.82, 2.24) is 19.3 Å². The van der Waals surface area contributed by atoms with E-state index in [1.54, 1.807) is 12.1 Å². The van der Waals surface area contributed by atoms with Gasteiger partial charge >= 0.3 is 0 Å². The van der Waals surface area contributed by atoms with Crippen LogP contribution in [0.2, 0.25) is 0 Å². The highest BCUT2D eigenvalue weighted by molar-refractivity contribution is 5.88. The van der Waals surface area contributed by atoms with E-state index in [0.717, 1.165) is 100 Å². The lowest BCUT2D eigenvalue weighted by Crippen LogP contribution is -2.73. The van der Waals surface area contributed by atoms with Gasteiger partial charge in [0.15, 0.2) is 5.66 Å². The highest BCUT2D eigenvalue weighted by Crippen LogP contribution is 2.38. The zero-order valence-electron chi connectivity index (χ0n) is 27.3. The lowest BCUT2D eigenvalue weighted by atomic mass is 9.92. The monoisotopic (exact) mass is 613 g/mol. The van der Waals surface area contributed by atoms with Crippen molar-refractivity contribution in [3.63, 3.8) is 0 Å². The Bertz CT molecular complexity index is 1530. The number of aromatic nitrogens is 1. The molecule has 2 saturated heterocycles. The van der Waals surface area contributed by atoms with Gasteiger partial charge in [-0.1, -0.05) is 30.4 Å². The molecule has 1 amide bonds. The molecule has 3 aromatic rings. The first kappa shape index (κ1) is 31.5. The van der Waals surface area contributed by atoms with Gasteiger partial charge in [-0.25, -0.2) is 4.39 Å². The number of benzene rings is 2. The van der Waals surface area contributed by atoms with Gasteiger partial charge in [-0.05, 0) is 81.4 Å². The van der Waals surface area contributed by atoms with Gasteiger partial charge in [0, 0.05) is 67.8 Å². The molecule has 3 aliphatic rings. The molecular weight excluding hydrogens is 563 g/mol. The molecule has 8 heteroatoms. The standard InChI is InChI=1S/C37H50FN6O/c1-30-31(2)43(18-7-17-41-21-19-40(3)20-22-41)36-13-12-34(28-35(30)36)39-37(15-5-4-6-16-37)44(26-23-42(29-45)24-27-44)25-14-32-8-10-33(38)11-9-32/h4-6,8-13,15,28-29,39H,7,14,16-27H2,1-3H3/q+1. The van der Waals surface area contributed by atoms with E-state index in [9.17, 15) is 9.18 Å². The second-order valence-electron chi connectivity index (χ2n) is 13.5. The van der Waals surface area contributed by atoms with E-state index in [-0.39, 0.29) is 11.5 Å². The molecule has 0 saturated carbocycles. The Morgan fingerprint density at radius 1 is 0.956 bits per heavy atom. The Morgan fingerprint density at radius 3 is 2.40 bits per heavy atom. The SMILES string of the molecule is Cc1c(C)n(CCCN2CCN(C)CC2)c2ccc(NC3([N+]4(CCc5ccc(F)cc5)CCN(C=O)CC4)C=CC=CC3)cc12. The number of carbonyl (C=O) groups is 1. The molecule has 240 valence electrons. The van der Waals surface area contributed by atoms with E-state index in [4.69, 9.17) is 0 Å². The van der Waals surface area contributed by atoms with Crippen LogP contribution in [0.1, 0.15) is 29.7 Å². The maximum Gasteiger partial charge on any atom is 0.210 e. The smallest absolute Gasteiger partial charge is 0.210 e. The predicted octanol–water partition coefficient (Wildman–Crippen LogP) is 5.19. The molecule has 3 heterocycles. The van der Waals surface area contributed by atoms with Crippen molar-refractivity contribution >= 4 is 23.0 Å². The summed E-state index contributed by atoms with van der Waals surface area (Å²) in [4.78, 5) is 18.6. The maximum atomic E-state index is 13.7. The molecule has 45 heavy (non-hydrogen) atoms. The molecule has 0 bridgehead atoms. The van der Waals surface area contributed by atoms with Gasteiger partial charge in [-0.3, -0.25) is 9.28 Å². The number of carbonyl (C=O) groups excluding carboxylic acids is 1. The Morgan fingerprint density at radius 2 is 1.71 bits per heavy atom. The van der Waals surface area contributed by atoms with Crippen LogP contribution in [0, 0.1) is 19.7 Å². The summed E-state index contributed by atoms with van der Waals surface area (Å²) >= 11 is 0. The molecule has 6 rings (SSSR count). The summed E-state index contributed by atoms with van der Waals surface area (Å²) < 4.78 is 17.0. The normalized spacial score (nSPS) is 22.3. The molecular formula is C37H50FN6O+. The Labute approximate surface area is 268 Å². The number of rotatable bonds is 11. The average molecular weight is 614 g/mol. The number of hydrogen-bond donors (Lipinski definition) is 1. The van der Waals surface area contributed by atoms with Crippen LogP contribution >= 0.6 is 0 Å². The van der Waals surface area contributed by atoms with Crippen molar-refractivity contribution in [2.24, 2.45) is 0 Å². The third-order valence-corrected chi connectivity index (χ3v) is 10.9. The first-order chi connectivity index (χ1) is 21.8. The molecule has 2 aromatic carbocycles. The lowest BCUT2D eigenvalue weighted by Gasteiger charge is -2.55. The molecule has 2 aliphatic heterocycles. The summed E-state index contributed by atoms with van der Waals surface area (Å²) in [6, 6.07) is 13.8. The molecule has 0 radical (unpaired) electrons. The lowest BCUT2D eigenvalue weighted by molar-refractivity contribution is -0.968. The summed E-state index contributed by atoms with van der Waals surface area (Å²) in [5.74, 6) is -0.203. The number of allylic oxidation sites excluding steroid dienone is 2. The van der Waals surface area contributed by atoms with Crippen LogP contribution in [-0.4, -0.2) is 108 Å². The zero-order valence-corrected chi connectivity index (χ0v) is 27.3.